The summed E-state index contributed by atoms with van der Waals surface area (Å²) in [5, 5.41) is 3.29. The minimum absolute atomic E-state index is 0.176. The van der Waals surface area contributed by atoms with E-state index < -0.39 is 0 Å². The van der Waals surface area contributed by atoms with Crippen molar-refractivity contribution in [1.29, 1.82) is 0 Å². The van der Waals surface area contributed by atoms with E-state index in [1.807, 2.05) is 6.33 Å². The van der Waals surface area contributed by atoms with E-state index in [2.05, 4.69) is 14.9 Å². The smallest absolute Gasteiger partial charge is 0.240 e. The number of carbonyl (C=O) groups excluding carboxylic acids is 1. The summed E-state index contributed by atoms with van der Waals surface area (Å²) in [5.74, 6) is 0.948. The van der Waals surface area contributed by atoms with Gasteiger partial charge in [-0.25, -0.2) is 4.98 Å². The standard InChI is InChI=1S/C15H21N3O/c19-14(17-15(7-8-15)11-5-6-11)9-18-10-16-12-3-1-2-4-13(12)18/h10-11H,1-9H2,(H,17,19). The van der Waals surface area contributed by atoms with Crippen molar-refractivity contribution >= 4 is 5.91 Å². The average Bonchev–Trinajstić information content (AvgIpc) is 3.30. The molecular formula is C15H21N3O. The molecule has 4 nitrogen and oxygen atoms in total. The lowest BCUT2D eigenvalue weighted by Crippen LogP contribution is -2.40. The van der Waals surface area contributed by atoms with Crippen molar-refractivity contribution in [3.05, 3.63) is 17.7 Å². The molecule has 102 valence electrons. The number of hydrogen-bond donors (Lipinski definition) is 1. The number of rotatable bonds is 4. The van der Waals surface area contributed by atoms with Crippen LogP contribution in [0.4, 0.5) is 0 Å². The van der Waals surface area contributed by atoms with Crippen molar-refractivity contribution in [3.63, 3.8) is 0 Å². The molecule has 19 heavy (non-hydrogen) atoms. The molecule has 1 heterocycles. The lowest BCUT2D eigenvalue weighted by atomic mass is 10.0. The molecule has 2 saturated carbocycles. The highest BCUT2D eigenvalue weighted by Crippen LogP contribution is 2.53. The predicted octanol–water partition coefficient (Wildman–Crippen LogP) is 1.82. The fraction of sp³-hybridized carbons (Fsp3) is 0.733. The van der Waals surface area contributed by atoms with Crippen LogP contribution in [0.1, 0.15) is 49.9 Å². The second-order valence-corrected chi connectivity index (χ2v) is 6.45. The number of carbonyl (C=O) groups is 1. The van der Waals surface area contributed by atoms with Gasteiger partial charge in [0.05, 0.1) is 12.0 Å². The van der Waals surface area contributed by atoms with Gasteiger partial charge in [0.2, 0.25) is 5.91 Å². The zero-order valence-electron chi connectivity index (χ0n) is 11.3. The molecule has 0 unspecified atom stereocenters. The molecule has 1 aromatic heterocycles. The Balaban J connectivity index is 1.43. The molecule has 0 radical (unpaired) electrons. The monoisotopic (exact) mass is 259 g/mol. The first-order chi connectivity index (χ1) is 9.27. The molecule has 4 heteroatoms. The van der Waals surface area contributed by atoms with Crippen LogP contribution in [0.5, 0.6) is 0 Å². The molecule has 1 aromatic rings. The van der Waals surface area contributed by atoms with E-state index in [0.29, 0.717) is 6.54 Å². The first kappa shape index (κ1) is 11.5. The first-order valence-corrected chi connectivity index (χ1v) is 7.61. The van der Waals surface area contributed by atoms with Gasteiger partial charge in [0, 0.05) is 11.2 Å². The lowest BCUT2D eigenvalue weighted by molar-refractivity contribution is -0.122. The van der Waals surface area contributed by atoms with Gasteiger partial charge in [-0.1, -0.05) is 0 Å². The maximum Gasteiger partial charge on any atom is 0.240 e. The van der Waals surface area contributed by atoms with E-state index >= 15 is 0 Å². The number of hydrogen-bond acceptors (Lipinski definition) is 2. The van der Waals surface area contributed by atoms with Crippen molar-refractivity contribution < 1.29 is 4.79 Å². The molecule has 1 amide bonds. The second kappa shape index (κ2) is 4.09. The van der Waals surface area contributed by atoms with Crippen LogP contribution in [0.3, 0.4) is 0 Å². The largest absolute Gasteiger partial charge is 0.349 e. The van der Waals surface area contributed by atoms with Crippen molar-refractivity contribution in [1.82, 2.24) is 14.9 Å². The Hall–Kier alpha value is -1.32. The van der Waals surface area contributed by atoms with Crippen LogP contribution in [-0.4, -0.2) is 21.0 Å². The van der Waals surface area contributed by atoms with E-state index in [9.17, 15) is 4.79 Å². The second-order valence-electron chi connectivity index (χ2n) is 6.45. The number of aromatic nitrogens is 2. The van der Waals surface area contributed by atoms with Crippen LogP contribution in [0.25, 0.3) is 0 Å². The van der Waals surface area contributed by atoms with Crippen molar-refractivity contribution in [2.75, 3.05) is 0 Å². The predicted molar refractivity (Wildman–Crippen MR) is 71.7 cm³/mol. The van der Waals surface area contributed by atoms with Crippen LogP contribution >= 0.6 is 0 Å². The fourth-order valence-corrected chi connectivity index (χ4v) is 3.55. The summed E-state index contributed by atoms with van der Waals surface area (Å²) in [7, 11) is 0. The number of imidazole rings is 1. The number of nitrogens with one attached hydrogen (secondary N) is 1. The summed E-state index contributed by atoms with van der Waals surface area (Å²) in [5.41, 5.74) is 2.69. The van der Waals surface area contributed by atoms with Gasteiger partial charge >= 0.3 is 0 Å². The van der Waals surface area contributed by atoms with Gasteiger partial charge in [-0.3, -0.25) is 4.79 Å². The van der Waals surface area contributed by atoms with Gasteiger partial charge in [0.25, 0.3) is 0 Å². The summed E-state index contributed by atoms with van der Waals surface area (Å²) >= 11 is 0. The Morgan fingerprint density at radius 1 is 1.37 bits per heavy atom. The van der Waals surface area contributed by atoms with Crippen molar-refractivity contribution in [3.8, 4) is 0 Å². The molecule has 3 aliphatic carbocycles. The SMILES string of the molecule is O=C(Cn1cnc2c1CCCC2)NC1(C2CC2)CC1. The Labute approximate surface area is 113 Å². The normalized spacial score (nSPS) is 23.8. The van der Waals surface area contributed by atoms with Gasteiger partial charge in [-0.2, -0.15) is 0 Å². The summed E-state index contributed by atoms with van der Waals surface area (Å²) in [4.78, 5) is 16.7. The lowest BCUT2D eigenvalue weighted by Gasteiger charge is -2.18. The van der Waals surface area contributed by atoms with Crippen LogP contribution in [0.15, 0.2) is 6.33 Å². The van der Waals surface area contributed by atoms with Crippen LogP contribution < -0.4 is 5.32 Å². The zero-order chi connectivity index (χ0) is 12.9. The Morgan fingerprint density at radius 2 is 2.16 bits per heavy atom. The maximum atomic E-state index is 12.2. The maximum absolute atomic E-state index is 12.2. The van der Waals surface area contributed by atoms with E-state index in [-0.39, 0.29) is 11.4 Å². The highest BCUT2D eigenvalue weighted by Gasteiger charge is 2.54. The molecule has 0 aromatic carbocycles. The Morgan fingerprint density at radius 3 is 2.89 bits per heavy atom. The summed E-state index contributed by atoms with van der Waals surface area (Å²) in [6.45, 7) is 0.455. The van der Waals surface area contributed by atoms with E-state index in [1.54, 1.807) is 0 Å². The highest BCUT2D eigenvalue weighted by atomic mass is 16.2. The van der Waals surface area contributed by atoms with Crippen LogP contribution in [0, 0.1) is 5.92 Å². The third-order valence-electron chi connectivity index (χ3n) is 4.96. The van der Waals surface area contributed by atoms with Crippen molar-refractivity contribution in [2.24, 2.45) is 5.92 Å². The van der Waals surface area contributed by atoms with E-state index in [0.717, 1.165) is 18.8 Å². The van der Waals surface area contributed by atoms with Crippen LogP contribution in [0.2, 0.25) is 0 Å². The van der Waals surface area contributed by atoms with Crippen LogP contribution in [-0.2, 0) is 24.2 Å². The molecule has 3 aliphatic rings. The van der Waals surface area contributed by atoms with Gasteiger partial charge in [0.15, 0.2) is 0 Å². The Kier molecular flexibility index (Phi) is 2.47. The zero-order valence-corrected chi connectivity index (χ0v) is 11.3. The minimum Gasteiger partial charge on any atom is -0.349 e. The molecular weight excluding hydrogens is 238 g/mol. The van der Waals surface area contributed by atoms with Gasteiger partial charge in [-0.15, -0.1) is 0 Å². The number of amides is 1. The molecule has 2 fully saturated rings. The number of fused-ring (bicyclic) bond motifs is 1. The molecule has 0 atom stereocenters. The van der Waals surface area contributed by atoms with Gasteiger partial charge < -0.3 is 9.88 Å². The first-order valence-electron chi connectivity index (χ1n) is 7.61. The van der Waals surface area contributed by atoms with Gasteiger partial charge in [0.1, 0.15) is 6.54 Å². The van der Waals surface area contributed by atoms with E-state index in [4.69, 9.17) is 0 Å². The topological polar surface area (TPSA) is 46.9 Å². The number of aryl methyl sites for hydroxylation is 1. The minimum atomic E-state index is 0.176. The molecule has 1 N–H and O–H groups in total. The third kappa shape index (κ3) is 2.07. The van der Waals surface area contributed by atoms with Gasteiger partial charge in [-0.05, 0) is 57.3 Å². The average molecular weight is 259 g/mol. The summed E-state index contributed by atoms with van der Waals surface area (Å²) in [6.07, 6.45) is 11.5. The fourth-order valence-electron chi connectivity index (χ4n) is 3.55. The molecule has 0 aliphatic heterocycles. The molecule has 0 spiro atoms. The summed E-state index contributed by atoms with van der Waals surface area (Å²) in [6, 6.07) is 0. The molecule has 0 saturated heterocycles. The molecule has 0 bridgehead atoms. The molecule has 4 rings (SSSR count). The number of nitrogens with zero attached hydrogens (tertiary/aromatic N) is 2. The Bertz CT molecular complexity index is 511. The highest BCUT2D eigenvalue weighted by molar-refractivity contribution is 5.77. The quantitative estimate of drug-likeness (QED) is 0.896. The van der Waals surface area contributed by atoms with E-state index in [1.165, 1.54) is 49.9 Å². The summed E-state index contributed by atoms with van der Waals surface area (Å²) < 4.78 is 2.06. The third-order valence-corrected chi connectivity index (χ3v) is 4.96. The van der Waals surface area contributed by atoms with Crippen molar-refractivity contribution in [2.45, 2.75) is 63.5 Å².